The van der Waals surface area contributed by atoms with Crippen molar-refractivity contribution in [1.82, 2.24) is 10.2 Å². The lowest BCUT2D eigenvalue weighted by Gasteiger charge is -2.04. The fourth-order valence-electron chi connectivity index (χ4n) is 1.90. The Morgan fingerprint density at radius 3 is 2.50 bits per heavy atom. The second-order valence-corrected chi connectivity index (χ2v) is 7.30. The van der Waals surface area contributed by atoms with Gasteiger partial charge in [0.25, 0.3) is 15.7 Å². The van der Waals surface area contributed by atoms with Crippen LogP contribution in [0, 0.1) is 10.1 Å². The normalized spacial score (nSPS) is 11.2. The summed E-state index contributed by atoms with van der Waals surface area (Å²) in [5.41, 5.74) is 0.510. The average Bonchev–Trinajstić information content (AvgIpc) is 3.03. The number of anilines is 1. The van der Waals surface area contributed by atoms with Crippen molar-refractivity contribution in [2.75, 3.05) is 4.72 Å². The third-order valence-electron chi connectivity index (χ3n) is 3.01. The molecule has 0 atom stereocenters. The number of hydrogen-bond acceptors (Lipinski definition) is 7. The van der Waals surface area contributed by atoms with E-state index in [0.29, 0.717) is 5.01 Å². The maximum absolute atomic E-state index is 12.3. The molecule has 0 aliphatic heterocycles. The molecule has 122 valence electrons. The van der Waals surface area contributed by atoms with Crippen molar-refractivity contribution in [2.45, 2.75) is 4.90 Å². The topological polar surface area (TPSA) is 115 Å². The summed E-state index contributed by atoms with van der Waals surface area (Å²) in [6.45, 7) is 0. The molecule has 10 heteroatoms. The lowest BCUT2D eigenvalue weighted by atomic mass is 10.2. The minimum atomic E-state index is -3.98. The van der Waals surface area contributed by atoms with Crippen LogP contribution in [0.2, 0.25) is 0 Å². The summed E-state index contributed by atoms with van der Waals surface area (Å²) in [4.78, 5) is 9.90. The molecule has 0 radical (unpaired) electrons. The molecule has 0 fully saturated rings. The summed E-state index contributed by atoms with van der Waals surface area (Å²) in [6.07, 6.45) is 0. The van der Waals surface area contributed by atoms with Crippen LogP contribution in [0.4, 0.5) is 10.8 Å². The average molecular weight is 362 g/mol. The predicted molar refractivity (Wildman–Crippen MR) is 89.2 cm³/mol. The highest BCUT2D eigenvalue weighted by atomic mass is 32.2. The van der Waals surface area contributed by atoms with Crippen molar-refractivity contribution in [1.29, 1.82) is 0 Å². The minimum absolute atomic E-state index is 0.0837. The maximum Gasteiger partial charge on any atom is 0.270 e. The first-order valence-electron chi connectivity index (χ1n) is 6.62. The van der Waals surface area contributed by atoms with E-state index in [0.717, 1.165) is 23.0 Å². The molecule has 1 heterocycles. The Kier molecular flexibility index (Phi) is 4.23. The number of nitro groups is 1. The van der Waals surface area contributed by atoms with Gasteiger partial charge >= 0.3 is 0 Å². The Bertz CT molecular complexity index is 987. The van der Waals surface area contributed by atoms with Gasteiger partial charge in [-0.25, -0.2) is 8.42 Å². The molecular weight excluding hydrogens is 352 g/mol. The lowest BCUT2D eigenvalue weighted by molar-refractivity contribution is -0.385. The van der Waals surface area contributed by atoms with Crippen LogP contribution in [0.3, 0.4) is 0 Å². The molecule has 3 aromatic rings. The summed E-state index contributed by atoms with van der Waals surface area (Å²) < 4.78 is 26.9. The van der Waals surface area contributed by atoms with E-state index in [1.165, 1.54) is 18.2 Å². The summed E-state index contributed by atoms with van der Waals surface area (Å²) in [7, 11) is -3.98. The molecule has 1 N–H and O–H groups in total. The number of rotatable bonds is 5. The van der Waals surface area contributed by atoms with Gasteiger partial charge in [-0.2, -0.15) is 0 Å². The number of nitro benzene ring substituents is 1. The van der Waals surface area contributed by atoms with E-state index in [4.69, 9.17) is 0 Å². The molecule has 0 unspecified atom stereocenters. The van der Waals surface area contributed by atoms with Crippen molar-refractivity contribution < 1.29 is 13.3 Å². The molecule has 0 saturated heterocycles. The van der Waals surface area contributed by atoms with E-state index in [2.05, 4.69) is 14.9 Å². The molecule has 3 rings (SSSR count). The van der Waals surface area contributed by atoms with Gasteiger partial charge in [0, 0.05) is 17.7 Å². The molecule has 1 aromatic heterocycles. The van der Waals surface area contributed by atoms with Crippen LogP contribution in [0.1, 0.15) is 0 Å². The molecule has 8 nitrogen and oxygen atoms in total. The molecule has 2 aromatic carbocycles. The van der Waals surface area contributed by atoms with Gasteiger partial charge in [0.05, 0.1) is 9.82 Å². The first-order valence-corrected chi connectivity index (χ1v) is 8.92. The number of aromatic nitrogens is 2. The smallest absolute Gasteiger partial charge is 0.258 e. The largest absolute Gasteiger partial charge is 0.270 e. The number of benzene rings is 2. The molecule has 0 amide bonds. The maximum atomic E-state index is 12.3. The van der Waals surface area contributed by atoms with Crippen LogP contribution in [0.15, 0.2) is 59.5 Å². The van der Waals surface area contributed by atoms with E-state index < -0.39 is 14.9 Å². The number of hydrogen-bond donors (Lipinski definition) is 1. The quantitative estimate of drug-likeness (QED) is 0.551. The van der Waals surface area contributed by atoms with Crippen molar-refractivity contribution in [3.63, 3.8) is 0 Å². The van der Waals surface area contributed by atoms with Gasteiger partial charge in [-0.1, -0.05) is 47.7 Å². The number of nitrogens with one attached hydrogen (secondary N) is 1. The highest BCUT2D eigenvalue weighted by Gasteiger charge is 2.19. The monoisotopic (exact) mass is 362 g/mol. The van der Waals surface area contributed by atoms with E-state index >= 15 is 0 Å². The number of nitrogens with zero attached hydrogens (tertiary/aromatic N) is 3. The third-order valence-corrected chi connectivity index (χ3v) is 5.36. The van der Waals surface area contributed by atoms with Gasteiger partial charge in [-0.15, -0.1) is 10.2 Å². The van der Waals surface area contributed by atoms with Gasteiger partial charge in [0.15, 0.2) is 0 Å². The van der Waals surface area contributed by atoms with E-state index in [-0.39, 0.29) is 15.7 Å². The van der Waals surface area contributed by atoms with Crippen LogP contribution in [0.5, 0.6) is 0 Å². The molecule has 0 saturated carbocycles. The standard InChI is InChI=1S/C14H10N4O4S2/c19-18(20)11-7-4-8-12(9-11)24(21,22)17-14-16-15-13(23-14)10-5-2-1-3-6-10/h1-9H,(H,16,17). The fourth-order valence-corrected chi connectivity index (χ4v) is 3.92. The van der Waals surface area contributed by atoms with Crippen LogP contribution in [-0.4, -0.2) is 23.5 Å². The number of non-ortho nitro benzene ring substituents is 1. The van der Waals surface area contributed by atoms with Crippen LogP contribution in [-0.2, 0) is 10.0 Å². The van der Waals surface area contributed by atoms with Crippen molar-refractivity contribution in [3.8, 4) is 10.6 Å². The van der Waals surface area contributed by atoms with Gasteiger partial charge < -0.3 is 0 Å². The van der Waals surface area contributed by atoms with Crippen molar-refractivity contribution in [3.05, 3.63) is 64.7 Å². The Hall–Kier alpha value is -2.85. The first-order chi connectivity index (χ1) is 11.5. The van der Waals surface area contributed by atoms with E-state index in [1.807, 2.05) is 30.3 Å². The van der Waals surface area contributed by atoms with E-state index in [9.17, 15) is 18.5 Å². The zero-order valence-corrected chi connectivity index (χ0v) is 13.6. The Morgan fingerprint density at radius 1 is 1.04 bits per heavy atom. The first kappa shape index (κ1) is 16.0. The SMILES string of the molecule is O=[N+]([O-])c1cccc(S(=O)(=O)Nc2nnc(-c3ccccc3)s2)c1. The third kappa shape index (κ3) is 3.39. The van der Waals surface area contributed by atoms with Gasteiger partial charge in [0.2, 0.25) is 5.13 Å². The molecular formula is C14H10N4O4S2. The zero-order valence-electron chi connectivity index (χ0n) is 12.0. The lowest BCUT2D eigenvalue weighted by Crippen LogP contribution is -2.13. The Morgan fingerprint density at radius 2 is 1.79 bits per heavy atom. The van der Waals surface area contributed by atoms with E-state index in [1.54, 1.807) is 0 Å². The second kappa shape index (κ2) is 6.34. The van der Waals surface area contributed by atoms with Crippen LogP contribution >= 0.6 is 11.3 Å². The highest BCUT2D eigenvalue weighted by molar-refractivity contribution is 7.93. The zero-order chi connectivity index (χ0) is 17.2. The summed E-state index contributed by atoms with van der Waals surface area (Å²) in [6, 6.07) is 14.0. The molecule has 0 bridgehead atoms. The highest BCUT2D eigenvalue weighted by Crippen LogP contribution is 2.28. The molecule has 24 heavy (non-hydrogen) atoms. The van der Waals surface area contributed by atoms with Crippen molar-refractivity contribution in [2.24, 2.45) is 0 Å². The summed E-state index contributed by atoms with van der Waals surface area (Å²) >= 11 is 1.07. The van der Waals surface area contributed by atoms with Gasteiger partial charge in [-0.05, 0) is 6.07 Å². The van der Waals surface area contributed by atoms with Gasteiger partial charge in [0.1, 0.15) is 5.01 Å². The number of sulfonamides is 1. The fraction of sp³-hybridized carbons (Fsp3) is 0. The molecule has 0 aliphatic carbocycles. The van der Waals surface area contributed by atoms with Crippen LogP contribution in [0.25, 0.3) is 10.6 Å². The Balaban J connectivity index is 1.87. The molecule has 0 spiro atoms. The summed E-state index contributed by atoms with van der Waals surface area (Å²) in [5.74, 6) is 0. The van der Waals surface area contributed by atoms with Gasteiger partial charge in [-0.3, -0.25) is 14.8 Å². The molecule has 0 aliphatic rings. The van der Waals surface area contributed by atoms with Crippen LogP contribution < -0.4 is 4.72 Å². The van der Waals surface area contributed by atoms with Crippen molar-refractivity contribution >= 4 is 32.2 Å². The minimum Gasteiger partial charge on any atom is -0.258 e. The predicted octanol–water partition coefficient (Wildman–Crippen LogP) is 2.91. The Labute approximate surface area is 141 Å². The second-order valence-electron chi connectivity index (χ2n) is 4.64. The summed E-state index contributed by atoms with van der Waals surface area (Å²) in [5, 5.41) is 19.2.